The Morgan fingerprint density at radius 1 is 1.19 bits per heavy atom. The molecule has 1 aromatic heterocycles. The van der Waals surface area contributed by atoms with E-state index >= 15 is 0 Å². The molecule has 1 aliphatic rings. The van der Waals surface area contributed by atoms with Crippen molar-refractivity contribution in [3.8, 4) is 11.5 Å². The highest BCUT2D eigenvalue weighted by Crippen LogP contribution is 2.35. The Bertz CT molecular complexity index is 642. The lowest BCUT2D eigenvalue weighted by Crippen LogP contribution is -2.18. The van der Waals surface area contributed by atoms with Crippen LogP contribution in [-0.4, -0.2) is 29.1 Å². The van der Waals surface area contributed by atoms with Crippen LogP contribution in [-0.2, 0) is 0 Å². The standard InChI is InChI=1S/C16H15NO4/c18-13(11-4-6-17-7-5-11)10-14(19)12-2-1-3-15-16(12)21-9-8-20-15/h1-7,13,18H,8-10H2. The monoisotopic (exact) mass is 285 g/mol. The summed E-state index contributed by atoms with van der Waals surface area (Å²) in [4.78, 5) is 16.3. The lowest BCUT2D eigenvalue weighted by Gasteiger charge is -2.20. The molecular weight excluding hydrogens is 270 g/mol. The summed E-state index contributed by atoms with van der Waals surface area (Å²) in [5.74, 6) is 0.864. The second kappa shape index (κ2) is 5.93. The number of carbonyl (C=O) groups excluding carboxylic acids is 1. The molecule has 2 heterocycles. The molecule has 2 aromatic rings. The van der Waals surface area contributed by atoms with Gasteiger partial charge in [0.15, 0.2) is 17.3 Å². The largest absolute Gasteiger partial charge is 0.486 e. The van der Waals surface area contributed by atoms with Crippen LogP contribution in [0.4, 0.5) is 0 Å². The number of hydrogen-bond acceptors (Lipinski definition) is 5. The number of Topliss-reactive ketones (excluding diaryl/α,β-unsaturated/α-hetero) is 1. The van der Waals surface area contributed by atoms with Crippen molar-refractivity contribution >= 4 is 5.78 Å². The molecule has 0 saturated carbocycles. The van der Waals surface area contributed by atoms with Crippen molar-refractivity contribution < 1.29 is 19.4 Å². The number of benzene rings is 1. The minimum Gasteiger partial charge on any atom is -0.486 e. The van der Waals surface area contributed by atoms with E-state index < -0.39 is 6.10 Å². The number of pyridine rings is 1. The fraction of sp³-hybridized carbons (Fsp3) is 0.250. The van der Waals surface area contributed by atoms with Crippen molar-refractivity contribution in [2.75, 3.05) is 13.2 Å². The third kappa shape index (κ3) is 2.87. The number of aliphatic hydroxyl groups is 1. The number of ether oxygens (including phenoxy) is 2. The van der Waals surface area contributed by atoms with Gasteiger partial charge in [-0.25, -0.2) is 0 Å². The maximum absolute atomic E-state index is 12.4. The van der Waals surface area contributed by atoms with E-state index in [1.807, 2.05) is 0 Å². The molecule has 0 amide bonds. The first kappa shape index (κ1) is 13.6. The van der Waals surface area contributed by atoms with Gasteiger partial charge in [-0.1, -0.05) is 6.07 Å². The first-order chi connectivity index (χ1) is 10.3. The Balaban J connectivity index is 1.80. The highest BCUT2D eigenvalue weighted by molar-refractivity contribution is 5.99. The quantitative estimate of drug-likeness (QED) is 0.872. The normalized spacial score (nSPS) is 14.5. The van der Waals surface area contributed by atoms with Crippen LogP contribution >= 0.6 is 0 Å². The van der Waals surface area contributed by atoms with E-state index in [9.17, 15) is 9.90 Å². The molecule has 5 nitrogen and oxygen atoms in total. The second-order valence-corrected chi connectivity index (χ2v) is 4.75. The first-order valence-corrected chi connectivity index (χ1v) is 6.75. The second-order valence-electron chi connectivity index (χ2n) is 4.75. The lowest BCUT2D eigenvalue weighted by atomic mass is 10.00. The molecule has 1 aromatic carbocycles. The van der Waals surface area contributed by atoms with Crippen molar-refractivity contribution in [1.29, 1.82) is 0 Å². The zero-order valence-corrected chi connectivity index (χ0v) is 11.4. The van der Waals surface area contributed by atoms with Gasteiger partial charge in [-0.15, -0.1) is 0 Å². The molecule has 0 bridgehead atoms. The van der Waals surface area contributed by atoms with Crippen molar-refractivity contribution in [3.63, 3.8) is 0 Å². The zero-order chi connectivity index (χ0) is 14.7. The number of para-hydroxylation sites is 1. The van der Waals surface area contributed by atoms with Crippen LogP contribution in [0.25, 0.3) is 0 Å². The Hall–Kier alpha value is -2.40. The number of fused-ring (bicyclic) bond motifs is 1. The smallest absolute Gasteiger partial charge is 0.172 e. The number of aromatic nitrogens is 1. The Morgan fingerprint density at radius 2 is 1.95 bits per heavy atom. The minimum absolute atomic E-state index is 0.0101. The molecule has 0 spiro atoms. The number of aliphatic hydroxyl groups excluding tert-OH is 1. The number of nitrogens with zero attached hydrogens (tertiary/aromatic N) is 1. The number of hydrogen-bond donors (Lipinski definition) is 1. The highest BCUT2D eigenvalue weighted by Gasteiger charge is 2.22. The molecule has 1 N–H and O–H groups in total. The third-order valence-electron chi connectivity index (χ3n) is 3.34. The molecule has 108 valence electrons. The first-order valence-electron chi connectivity index (χ1n) is 6.75. The molecule has 1 aliphatic heterocycles. The van der Waals surface area contributed by atoms with Crippen LogP contribution in [0.15, 0.2) is 42.7 Å². The molecule has 3 rings (SSSR count). The van der Waals surface area contributed by atoms with Gasteiger partial charge in [0.05, 0.1) is 11.7 Å². The summed E-state index contributed by atoms with van der Waals surface area (Å²) in [5, 5.41) is 10.1. The number of rotatable bonds is 4. The number of ketones is 1. The summed E-state index contributed by atoms with van der Waals surface area (Å²) in [6.45, 7) is 0.897. The van der Waals surface area contributed by atoms with Crippen molar-refractivity contribution in [2.45, 2.75) is 12.5 Å². The van der Waals surface area contributed by atoms with E-state index in [0.29, 0.717) is 35.8 Å². The molecule has 0 aliphatic carbocycles. The van der Waals surface area contributed by atoms with Crippen LogP contribution in [0, 0.1) is 0 Å². The van der Waals surface area contributed by atoms with Gasteiger partial charge in [0.1, 0.15) is 13.2 Å². The van der Waals surface area contributed by atoms with Gasteiger partial charge in [0, 0.05) is 18.8 Å². The van der Waals surface area contributed by atoms with Crippen LogP contribution in [0.3, 0.4) is 0 Å². The van der Waals surface area contributed by atoms with Crippen LogP contribution in [0.1, 0.15) is 28.4 Å². The minimum atomic E-state index is -0.860. The van der Waals surface area contributed by atoms with E-state index in [2.05, 4.69) is 4.98 Å². The van der Waals surface area contributed by atoms with Crippen molar-refractivity contribution in [3.05, 3.63) is 53.9 Å². The molecule has 21 heavy (non-hydrogen) atoms. The molecule has 1 unspecified atom stereocenters. The van der Waals surface area contributed by atoms with E-state index in [4.69, 9.17) is 9.47 Å². The predicted molar refractivity (Wildman–Crippen MR) is 75.6 cm³/mol. The van der Waals surface area contributed by atoms with Crippen molar-refractivity contribution in [1.82, 2.24) is 4.98 Å². The van der Waals surface area contributed by atoms with Gasteiger partial charge in [0.25, 0.3) is 0 Å². The summed E-state index contributed by atoms with van der Waals surface area (Å²) in [6.07, 6.45) is 2.30. The summed E-state index contributed by atoms with van der Waals surface area (Å²) in [6, 6.07) is 8.59. The van der Waals surface area contributed by atoms with Crippen LogP contribution in [0.5, 0.6) is 11.5 Å². The molecule has 1 atom stereocenters. The molecular formula is C16H15NO4. The van der Waals surface area contributed by atoms with Gasteiger partial charge in [-0.3, -0.25) is 9.78 Å². The summed E-state index contributed by atoms with van der Waals surface area (Å²) < 4.78 is 11.0. The summed E-state index contributed by atoms with van der Waals surface area (Å²) in [7, 11) is 0. The molecule has 0 fully saturated rings. The fourth-order valence-corrected chi connectivity index (χ4v) is 2.28. The van der Waals surface area contributed by atoms with E-state index in [-0.39, 0.29) is 12.2 Å². The predicted octanol–water partition coefficient (Wildman–Crippen LogP) is 2.16. The maximum Gasteiger partial charge on any atom is 0.172 e. The highest BCUT2D eigenvalue weighted by atomic mass is 16.6. The molecule has 0 saturated heterocycles. The fourth-order valence-electron chi connectivity index (χ4n) is 2.28. The van der Waals surface area contributed by atoms with E-state index in [0.717, 1.165) is 0 Å². The SMILES string of the molecule is O=C(CC(O)c1ccncc1)c1cccc2c1OCCO2. The topological polar surface area (TPSA) is 68.7 Å². The average molecular weight is 285 g/mol. The van der Waals surface area contributed by atoms with Crippen molar-refractivity contribution in [2.24, 2.45) is 0 Å². The summed E-state index contributed by atoms with van der Waals surface area (Å²) in [5.41, 5.74) is 1.11. The van der Waals surface area contributed by atoms with E-state index in [1.165, 1.54) is 0 Å². The zero-order valence-electron chi connectivity index (χ0n) is 11.4. The molecule has 0 radical (unpaired) electrons. The van der Waals surface area contributed by atoms with Gasteiger partial charge in [-0.2, -0.15) is 0 Å². The Kier molecular flexibility index (Phi) is 3.83. The van der Waals surface area contributed by atoms with Gasteiger partial charge >= 0.3 is 0 Å². The van der Waals surface area contributed by atoms with Gasteiger partial charge in [0.2, 0.25) is 0 Å². The van der Waals surface area contributed by atoms with E-state index in [1.54, 1.807) is 42.7 Å². The Morgan fingerprint density at radius 3 is 2.76 bits per heavy atom. The average Bonchev–Trinajstić information content (AvgIpc) is 2.55. The van der Waals surface area contributed by atoms with Crippen LogP contribution < -0.4 is 9.47 Å². The Labute approximate surface area is 122 Å². The lowest BCUT2D eigenvalue weighted by molar-refractivity contribution is 0.0870. The van der Waals surface area contributed by atoms with Crippen LogP contribution in [0.2, 0.25) is 0 Å². The summed E-state index contributed by atoms with van der Waals surface area (Å²) >= 11 is 0. The third-order valence-corrected chi connectivity index (χ3v) is 3.34. The maximum atomic E-state index is 12.4. The van der Waals surface area contributed by atoms with Gasteiger partial charge < -0.3 is 14.6 Å². The van der Waals surface area contributed by atoms with Gasteiger partial charge in [-0.05, 0) is 29.8 Å². The number of carbonyl (C=O) groups is 1. The molecule has 5 heteroatoms.